The zero-order valence-electron chi connectivity index (χ0n) is 12.0. The summed E-state index contributed by atoms with van der Waals surface area (Å²) in [5.41, 5.74) is 4.07. The molecule has 0 radical (unpaired) electrons. The summed E-state index contributed by atoms with van der Waals surface area (Å²) in [4.78, 5) is 2.03. The standard InChI is InChI=1S/C18H15N3/c1-21(2)18-9-5-14(6-10-18)11-17(13-20)16-7-3-15(12-19)4-8-16/h3-11H,1-2H3/b17-11-. The van der Waals surface area contributed by atoms with E-state index >= 15 is 0 Å². The summed E-state index contributed by atoms with van der Waals surface area (Å²) in [6.07, 6.45) is 1.85. The SMILES string of the molecule is CN(C)c1ccc(/C=C(/C#N)c2ccc(C#N)cc2)cc1. The van der Waals surface area contributed by atoms with Gasteiger partial charge in [0, 0.05) is 19.8 Å². The van der Waals surface area contributed by atoms with E-state index in [-0.39, 0.29) is 0 Å². The molecular formula is C18H15N3. The van der Waals surface area contributed by atoms with E-state index in [9.17, 15) is 5.26 Å². The van der Waals surface area contributed by atoms with E-state index in [2.05, 4.69) is 12.1 Å². The topological polar surface area (TPSA) is 50.8 Å². The molecule has 0 spiro atoms. The highest BCUT2D eigenvalue weighted by Crippen LogP contribution is 2.20. The highest BCUT2D eigenvalue weighted by Gasteiger charge is 2.02. The average Bonchev–Trinajstić information content (AvgIpc) is 2.53. The largest absolute Gasteiger partial charge is 0.378 e. The quantitative estimate of drug-likeness (QED) is 0.633. The van der Waals surface area contributed by atoms with Crippen molar-refractivity contribution < 1.29 is 0 Å². The molecule has 3 heteroatoms. The normalized spacial score (nSPS) is 10.6. The van der Waals surface area contributed by atoms with Gasteiger partial charge in [0.15, 0.2) is 0 Å². The van der Waals surface area contributed by atoms with Crippen molar-refractivity contribution in [1.29, 1.82) is 10.5 Å². The van der Waals surface area contributed by atoms with Crippen molar-refractivity contribution in [1.82, 2.24) is 0 Å². The Morgan fingerprint density at radius 1 is 0.952 bits per heavy atom. The zero-order valence-corrected chi connectivity index (χ0v) is 12.0. The zero-order chi connectivity index (χ0) is 15.2. The minimum atomic E-state index is 0.581. The fraction of sp³-hybridized carbons (Fsp3) is 0.111. The van der Waals surface area contributed by atoms with Crippen molar-refractivity contribution >= 4 is 17.3 Å². The Kier molecular flexibility index (Phi) is 4.39. The maximum atomic E-state index is 9.32. The molecule has 2 aromatic rings. The van der Waals surface area contributed by atoms with Crippen molar-refractivity contribution in [3.63, 3.8) is 0 Å². The Balaban J connectivity index is 2.32. The first-order valence-corrected chi connectivity index (χ1v) is 6.54. The summed E-state index contributed by atoms with van der Waals surface area (Å²) in [5.74, 6) is 0. The maximum Gasteiger partial charge on any atom is 0.0998 e. The first-order chi connectivity index (χ1) is 10.1. The van der Waals surface area contributed by atoms with Gasteiger partial charge in [-0.2, -0.15) is 10.5 Å². The molecule has 0 aliphatic carbocycles. The number of allylic oxidation sites excluding steroid dienone is 1. The number of anilines is 1. The summed E-state index contributed by atoms with van der Waals surface area (Å²) >= 11 is 0. The second-order valence-corrected chi connectivity index (χ2v) is 4.84. The van der Waals surface area contributed by atoms with Gasteiger partial charge in [0.25, 0.3) is 0 Å². The van der Waals surface area contributed by atoms with Gasteiger partial charge in [0.05, 0.1) is 23.3 Å². The first-order valence-electron chi connectivity index (χ1n) is 6.54. The van der Waals surface area contributed by atoms with Gasteiger partial charge in [-0.3, -0.25) is 0 Å². The van der Waals surface area contributed by atoms with Crippen molar-refractivity contribution in [3.8, 4) is 12.1 Å². The first kappa shape index (κ1) is 14.4. The van der Waals surface area contributed by atoms with Crippen LogP contribution in [0.4, 0.5) is 5.69 Å². The number of hydrogen-bond donors (Lipinski definition) is 0. The average molecular weight is 273 g/mol. The molecule has 21 heavy (non-hydrogen) atoms. The molecular weight excluding hydrogens is 258 g/mol. The Hall–Kier alpha value is -3.04. The predicted octanol–water partition coefficient (Wildman–Crippen LogP) is 3.69. The molecule has 102 valence electrons. The van der Waals surface area contributed by atoms with E-state index in [1.165, 1.54) is 0 Å². The van der Waals surface area contributed by atoms with Crippen LogP contribution in [-0.2, 0) is 0 Å². The van der Waals surface area contributed by atoms with Gasteiger partial charge in [0.2, 0.25) is 0 Å². The molecule has 0 N–H and O–H groups in total. The third-order valence-corrected chi connectivity index (χ3v) is 3.17. The molecule has 0 atom stereocenters. The van der Waals surface area contributed by atoms with Crippen molar-refractivity contribution in [2.75, 3.05) is 19.0 Å². The van der Waals surface area contributed by atoms with Gasteiger partial charge in [0.1, 0.15) is 0 Å². The fourth-order valence-corrected chi connectivity index (χ4v) is 1.94. The maximum absolute atomic E-state index is 9.32. The lowest BCUT2D eigenvalue weighted by atomic mass is 10.0. The molecule has 0 saturated carbocycles. The van der Waals surface area contributed by atoms with Gasteiger partial charge < -0.3 is 4.90 Å². The number of hydrogen-bond acceptors (Lipinski definition) is 3. The van der Waals surface area contributed by atoms with Gasteiger partial charge in [-0.25, -0.2) is 0 Å². The van der Waals surface area contributed by atoms with Crippen LogP contribution in [0.2, 0.25) is 0 Å². The second-order valence-electron chi connectivity index (χ2n) is 4.84. The summed E-state index contributed by atoms with van der Waals surface area (Å²) < 4.78 is 0. The van der Waals surface area contributed by atoms with Crippen LogP contribution >= 0.6 is 0 Å². The number of nitriles is 2. The van der Waals surface area contributed by atoms with Crippen molar-refractivity contribution in [3.05, 3.63) is 65.2 Å². The molecule has 0 saturated heterocycles. The number of rotatable bonds is 3. The van der Waals surface area contributed by atoms with Crippen LogP contribution in [0.15, 0.2) is 48.5 Å². The van der Waals surface area contributed by atoms with Crippen molar-refractivity contribution in [2.45, 2.75) is 0 Å². The summed E-state index contributed by atoms with van der Waals surface area (Å²) in [6, 6.07) is 19.3. The van der Waals surface area contributed by atoms with Crippen LogP contribution in [0.25, 0.3) is 11.6 Å². The Morgan fingerprint density at radius 2 is 1.57 bits per heavy atom. The number of nitrogens with zero attached hydrogens (tertiary/aromatic N) is 3. The fourth-order valence-electron chi connectivity index (χ4n) is 1.94. The van der Waals surface area contributed by atoms with E-state index in [1.54, 1.807) is 24.3 Å². The highest BCUT2D eigenvalue weighted by atomic mass is 15.1. The third kappa shape index (κ3) is 3.49. The van der Waals surface area contributed by atoms with Crippen LogP contribution < -0.4 is 4.90 Å². The highest BCUT2D eigenvalue weighted by molar-refractivity contribution is 5.89. The van der Waals surface area contributed by atoms with Gasteiger partial charge in [-0.05, 0) is 41.5 Å². The van der Waals surface area contributed by atoms with Gasteiger partial charge in [-0.15, -0.1) is 0 Å². The van der Waals surface area contributed by atoms with Crippen LogP contribution in [0.3, 0.4) is 0 Å². The molecule has 0 amide bonds. The monoisotopic (exact) mass is 273 g/mol. The van der Waals surface area contributed by atoms with Gasteiger partial charge >= 0.3 is 0 Å². The van der Waals surface area contributed by atoms with Crippen LogP contribution in [-0.4, -0.2) is 14.1 Å². The molecule has 0 unspecified atom stereocenters. The van der Waals surface area contributed by atoms with E-state index in [0.717, 1.165) is 16.8 Å². The lowest BCUT2D eigenvalue weighted by molar-refractivity contribution is 1.13. The number of benzene rings is 2. The van der Waals surface area contributed by atoms with Crippen molar-refractivity contribution in [2.24, 2.45) is 0 Å². The Morgan fingerprint density at radius 3 is 2.05 bits per heavy atom. The Labute approximate surface area is 125 Å². The van der Waals surface area contributed by atoms with E-state index in [1.807, 2.05) is 49.3 Å². The molecule has 0 aliphatic rings. The lowest BCUT2D eigenvalue weighted by Gasteiger charge is -2.11. The van der Waals surface area contributed by atoms with Gasteiger partial charge in [-0.1, -0.05) is 24.3 Å². The molecule has 2 rings (SSSR count). The van der Waals surface area contributed by atoms with Crippen LogP contribution in [0, 0.1) is 22.7 Å². The Bertz CT molecular complexity index is 724. The van der Waals surface area contributed by atoms with Crippen LogP contribution in [0.5, 0.6) is 0 Å². The summed E-state index contributed by atoms with van der Waals surface area (Å²) in [5, 5.41) is 18.1. The van der Waals surface area contributed by atoms with E-state index in [4.69, 9.17) is 5.26 Å². The molecule has 2 aromatic carbocycles. The molecule has 3 nitrogen and oxygen atoms in total. The second kappa shape index (κ2) is 6.41. The van der Waals surface area contributed by atoms with E-state index < -0.39 is 0 Å². The lowest BCUT2D eigenvalue weighted by Crippen LogP contribution is -2.07. The third-order valence-electron chi connectivity index (χ3n) is 3.17. The predicted molar refractivity (Wildman–Crippen MR) is 85.4 cm³/mol. The van der Waals surface area contributed by atoms with E-state index in [0.29, 0.717) is 11.1 Å². The smallest absolute Gasteiger partial charge is 0.0998 e. The minimum Gasteiger partial charge on any atom is -0.378 e. The molecule has 0 heterocycles. The molecule has 0 aromatic heterocycles. The van der Waals surface area contributed by atoms with Crippen LogP contribution in [0.1, 0.15) is 16.7 Å². The minimum absolute atomic E-state index is 0.581. The molecule has 0 fully saturated rings. The molecule has 0 bridgehead atoms. The summed E-state index contributed by atoms with van der Waals surface area (Å²) in [7, 11) is 3.98. The summed E-state index contributed by atoms with van der Waals surface area (Å²) in [6.45, 7) is 0. The molecule has 0 aliphatic heterocycles.